The number of amides is 2. The van der Waals surface area contributed by atoms with Crippen LogP contribution in [0.2, 0.25) is 0 Å². The highest BCUT2D eigenvalue weighted by Crippen LogP contribution is 2.19. The Hall–Kier alpha value is -2.08. The lowest BCUT2D eigenvalue weighted by Crippen LogP contribution is -2.53. The Morgan fingerprint density at radius 3 is 2.67 bits per heavy atom. The van der Waals surface area contributed by atoms with E-state index in [1.807, 2.05) is 34.1 Å². The van der Waals surface area contributed by atoms with E-state index in [4.69, 9.17) is 4.74 Å². The molecule has 0 radical (unpaired) electrons. The monoisotopic (exact) mass is 415 g/mol. The number of hydrogen-bond donors (Lipinski definition) is 0. The highest BCUT2D eigenvalue weighted by molar-refractivity contribution is 5.77. The minimum absolute atomic E-state index is 0.127. The van der Waals surface area contributed by atoms with Crippen LogP contribution >= 0.6 is 0 Å². The molecule has 2 fully saturated rings. The normalized spacial score (nSPS) is 20.1. The van der Waals surface area contributed by atoms with Crippen LogP contribution in [-0.2, 0) is 16.0 Å². The molecule has 2 aliphatic rings. The molecule has 1 atom stereocenters. The molecule has 1 unspecified atom stereocenters. The van der Waals surface area contributed by atoms with Gasteiger partial charge in [-0.2, -0.15) is 0 Å². The standard InChI is InChI=1S/C24H37N3O3/c1-20(28)27(17-16-25-13-4-3-5-14-25)22-9-7-15-26(19-22)24(29)12-11-21-8-6-10-23(18-21)30-2/h6,8,10,18,22H,3-5,7,9,11-17,19H2,1-2H3. The van der Waals surface area contributed by atoms with Gasteiger partial charge < -0.3 is 19.4 Å². The molecule has 6 heteroatoms. The number of methoxy groups -OCH3 is 1. The molecule has 2 amide bonds. The maximum absolute atomic E-state index is 12.9. The summed E-state index contributed by atoms with van der Waals surface area (Å²) in [5.74, 6) is 1.13. The maximum atomic E-state index is 12.9. The van der Waals surface area contributed by atoms with Gasteiger partial charge in [0.05, 0.1) is 7.11 Å². The first-order chi connectivity index (χ1) is 14.6. The van der Waals surface area contributed by atoms with E-state index >= 15 is 0 Å². The average Bonchev–Trinajstić information content (AvgIpc) is 2.78. The third kappa shape index (κ3) is 6.46. The molecule has 2 saturated heterocycles. The van der Waals surface area contributed by atoms with Crippen LogP contribution in [0.25, 0.3) is 0 Å². The summed E-state index contributed by atoms with van der Waals surface area (Å²) in [6.45, 7) is 7.13. The fraction of sp³-hybridized carbons (Fsp3) is 0.667. The van der Waals surface area contributed by atoms with Gasteiger partial charge in [0.25, 0.3) is 0 Å². The van der Waals surface area contributed by atoms with E-state index in [0.29, 0.717) is 19.4 Å². The Balaban J connectivity index is 1.51. The number of carbonyl (C=O) groups is 2. The number of nitrogens with zero attached hydrogens (tertiary/aromatic N) is 3. The number of rotatable bonds is 8. The minimum atomic E-state index is 0.127. The van der Waals surface area contributed by atoms with E-state index in [9.17, 15) is 9.59 Å². The van der Waals surface area contributed by atoms with Crippen molar-refractivity contribution >= 4 is 11.8 Å². The van der Waals surface area contributed by atoms with Crippen molar-refractivity contribution < 1.29 is 14.3 Å². The zero-order valence-corrected chi connectivity index (χ0v) is 18.6. The number of hydrogen-bond acceptors (Lipinski definition) is 4. The second kappa shape index (κ2) is 11.3. The first-order valence-electron chi connectivity index (χ1n) is 11.5. The second-order valence-electron chi connectivity index (χ2n) is 8.60. The van der Waals surface area contributed by atoms with E-state index < -0.39 is 0 Å². The van der Waals surface area contributed by atoms with Crippen molar-refractivity contribution in [2.75, 3.05) is 46.4 Å². The van der Waals surface area contributed by atoms with Crippen LogP contribution in [0.5, 0.6) is 5.75 Å². The van der Waals surface area contributed by atoms with E-state index in [1.54, 1.807) is 14.0 Å². The zero-order chi connectivity index (χ0) is 21.3. The Morgan fingerprint density at radius 2 is 1.93 bits per heavy atom. The number of carbonyl (C=O) groups excluding carboxylic acids is 2. The van der Waals surface area contributed by atoms with Crippen LogP contribution in [-0.4, -0.2) is 78.9 Å². The zero-order valence-electron chi connectivity index (χ0n) is 18.6. The van der Waals surface area contributed by atoms with Crippen LogP contribution in [0.4, 0.5) is 0 Å². The molecular formula is C24H37N3O3. The van der Waals surface area contributed by atoms with Gasteiger partial charge in [0.15, 0.2) is 0 Å². The fourth-order valence-electron chi connectivity index (χ4n) is 4.70. The fourth-order valence-corrected chi connectivity index (χ4v) is 4.70. The molecule has 2 aliphatic heterocycles. The van der Waals surface area contributed by atoms with Gasteiger partial charge in [0, 0.05) is 45.6 Å². The van der Waals surface area contributed by atoms with Gasteiger partial charge in [-0.1, -0.05) is 18.6 Å². The van der Waals surface area contributed by atoms with Crippen LogP contribution in [0.1, 0.15) is 51.0 Å². The molecule has 0 spiro atoms. The lowest BCUT2D eigenvalue weighted by Gasteiger charge is -2.40. The molecule has 3 rings (SSSR count). The predicted octanol–water partition coefficient (Wildman–Crippen LogP) is 2.95. The molecule has 0 saturated carbocycles. The van der Waals surface area contributed by atoms with E-state index in [2.05, 4.69) is 4.90 Å². The topological polar surface area (TPSA) is 53.1 Å². The van der Waals surface area contributed by atoms with Crippen molar-refractivity contribution in [3.63, 3.8) is 0 Å². The van der Waals surface area contributed by atoms with Gasteiger partial charge in [-0.05, 0) is 62.9 Å². The quantitative estimate of drug-likeness (QED) is 0.655. The lowest BCUT2D eigenvalue weighted by molar-refractivity contribution is -0.138. The third-order valence-electron chi connectivity index (χ3n) is 6.46. The molecule has 166 valence electrons. The summed E-state index contributed by atoms with van der Waals surface area (Å²) in [7, 11) is 1.66. The summed E-state index contributed by atoms with van der Waals surface area (Å²) in [5, 5.41) is 0. The maximum Gasteiger partial charge on any atom is 0.222 e. The highest BCUT2D eigenvalue weighted by atomic mass is 16.5. The van der Waals surface area contributed by atoms with Gasteiger partial charge >= 0.3 is 0 Å². The minimum Gasteiger partial charge on any atom is -0.497 e. The Morgan fingerprint density at radius 1 is 1.13 bits per heavy atom. The molecule has 1 aromatic carbocycles. The summed E-state index contributed by atoms with van der Waals surface area (Å²) < 4.78 is 5.27. The van der Waals surface area contributed by atoms with Crippen molar-refractivity contribution in [3.8, 4) is 5.75 Å². The molecule has 6 nitrogen and oxygen atoms in total. The van der Waals surface area contributed by atoms with E-state index in [1.165, 1.54) is 19.3 Å². The van der Waals surface area contributed by atoms with Crippen LogP contribution in [0.3, 0.4) is 0 Å². The molecule has 0 aromatic heterocycles. The van der Waals surface area contributed by atoms with Crippen molar-refractivity contribution in [1.29, 1.82) is 0 Å². The largest absolute Gasteiger partial charge is 0.497 e. The highest BCUT2D eigenvalue weighted by Gasteiger charge is 2.29. The predicted molar refractivity (Wildman–Crippen MR) is 119 cm³/mol. The summed E-state index contributed by atoms with van der Waals surface area (Å²) in [6.07, 6.45) is 7.00. The van der Waals surface area contributed by atoms with E-state index in [0.717, 1.165) is 56.9 Å². The molecule has 2 heterocycles. The first kappa shape index (κ1) is 22.6. The van der Waals surface area contributed by atoms with Gasteiger partial charge in [0.1, 0.15) is 5.75 Å². The Bertz CT molecular complexity index is 703. The van der Waals surface area contributed by atoms with Gasteiger partial charge in [0.2, 0.25) is 11.8 Å². The molecular weight excluding hydrogens is 378 g/mol. The summed E-state index contributed by atoms with van der Waals surface area (Å²) in [6, 6.07) is 8.04. The average molecular weight is 416 g/mol. The molecule has 0 bridgehead atoms. The van der Waals surface area contributed by atoms with Crippen molar-refractivity contribution in [2.45, 2.75) is 57.9 Å². The van der Waals surface area contributed by atoms with Crippen molar-refractivity contribution in [3.05, 3.63) is 29.8 Å². The smallest absolute Gasteiger partial charge is 0.222 e. The van der Waals surface area contributed by atoms with Crippen molar-refractivity contribution in [2.24, 2.45) is 0 Å². The van der Waals surface area contributed by atoms with Gasteiger partial charge in [-0.15, -0.1) is 0 Å². The molecule has 0 aliphatic carbocycles. The second-order valence-corrected chi connectivity index (χ2v) is 8.60. The van der Waals surface area contributed by atoms with Crippen LogP contribution in [0, 0.1) is 0 Å². The third-order valence-corrected chi connectivity index (χ3v) is 6.46. The first-order valence-corrected chi connectivity index (χ1v) is 11.5. The Kier molecular flexibility index (Phi) is 8.55. The number of piperidine rings is 2. The lowest BCUT2D eigenvalue weighted by atomic mass is 10.0. The van der Waals surface area contributed by atoms with Crippen LogP contribution < -0.4 is 4.74 Å². The number of likely N-dealkylation sites (tertiary alicyclic amines) is 2. The Labute approximate surface area is 181 Å². The number of aryl methyl sites for hydroxylation is 1. The SMILES string of the molecule is COc1cccc(CCC(=O)N2CCCC(N(CCN3CCCCC3)C(C)=O)C2)c1. The number of ether oxygens (including phenoxy) is 1. The summed E-state index contributed by atoms with van der Waals surface area (Å²) in [4.78, 5) is 31.7. The van der Waals surface area contributed by atoms with E-state index in [-0.39, 0.29) is 17.9 Å². The molecule has 0 N–H and O–H groups in total. The van der Waals surface area contributed by atoms with Crippen molar-refractivity contribution in [1.82, 2.24) is 14.7 Å². The van der Waals surface area contributed by atoms with Gasteiger partial charge in [-0.25, -0.2) is 0 Å². The van der Waals surface area contributed by atoms with Crippen LogP contribution in [0.15, 0.2) is 24.3 Å². The summed E-state index contributed by atoms with van der Waals surface area (Å²) in [5.41, 5.74) is 1.11. The molecule has 1 aromatic rings. The van der Waals surface area contributed by atoms with Gasteiger partial charge in [-0.3, -0.25) is 9.59 Å². The number of benzene rings is 1. The summed E-state index contributed by atoms with van der Waals surface area (Å²) >= 11 is 0. The molecule has 30 heavy (non-hydrogen) atoms.